The first-order valence-electron chi connectivity index (χ1n) is 6.72. The van der Waals surface area contributed by atoms with Crippen molar-refractivity contribution in [3.63, 3.8) is 0 Å². The Morgan fingerprint density at radius 2 is 2.30 bits per heavy atom. The zero-order chi connectivity index (χ0) is 14.7. The van der Waals surface area contributed by atoms with Crippen LogP contribution in [0.1, 0.15) is 18.2 Å². The molecule has 2 rings (SSSR count). The third-order valence-corrected chi connectivity index (χ3v) is 4.80. The van der Waals surface area contributed by atoms with Gasteiger partial charge in [0.1, 0.15) is 0 Å². The van der Waals surface area contributed by atoms with E-state index in [2.05, 4.69) is 0 Å². The summed E-state index contributed by atoms with van der Waals surface area (Å²) < 4.78 is 0. The van der Waals surface area contributed by atoms with Crippen molar-refractivity contribution in [2.75, 3.05) is 20.1 Å². The molecule has 0 aliphatic carbocycles. The Labute approximate surface area is 122 Å². The van der Waals surface area contributed by atoms with E-state index in [1.807, 2.05) is 29.3 Å². The number of carboxylic acid groups (broad SMARTS) is 1. The van der Waals surface area contributed by atoms with Gasteiger partial charge < -0.3 is 10.0 Å². The van der Waals surface area contributed by atoms with Gasteiger partial charge in [-0.1, -0.05) is 6.07 Å². The number of rotatable bonds is 5. The number of thiophene rings is 1. The molecule has 6 heteroatoms. The van der Waals surface area contributed by atoms with Crippen LogP contribution in [0.25, 0.3) is 0 Å². The molecule has 110 valence electrons. The number of carbonyl (C=O) groups is 2. The monoisotopic (exact) mass is 296 g/mol. The van der Waals surface area contributed by atoms with E-state index in [9.17, 15) is 9.59 Å². The lowest BCUT2D eigenvalue weighted by Crippen LogP contribution is -2.41. The maximum Gasteiger partial charge on any atom is 0.308 e. The summed E-state index contributed by atoms with van der Waals surface area (Å²) in [5, 5.41) is 11.1. The molecule has 1 saturated heterocycles. The number of likely N-dealkylation sites (N-methyl/N-ethyl adjacent to an activating group) is 1. The number of amides is 1. The van der Waals surface area contributed by atoms with E-state index in [0.29, 0.717) is 26.1 Å². The molecular weight excluding hydrogens is 276 g/mol. The van der Waals surface area contributed by atoms with Crippen molar-refractivity contribution in [2.24, 2.45) is 5.92 Å². The lowest BCUT2D eigenvalue weighted by Gasteiger charge is -2.25. The second-order valence-electron chi connectivity index (χ2n) is 5.27. The molecule has 1 aromatic heterocycles. The number of likely N-dealkylation sites (tertiary alicyclic amines) is 1. The fourth-order valence-corrected chi connectivity index (χ4v) is 3.33. The normalized spacial score (nSPS) is 22.9. The largest absolute Gasteiger partial charge is 0.481 e. The molecule has 2 atom stereocenters. The molecule has 1 aliphatic rings. The molecule has 1 N–H and O–H groups in total. The molecule has 20 heavy (non-hydrogen) atoms. The summed E-state index contributed by atoms with van der Waals surface area (Å²) in [5.41, 5.74) is 0. The number of aliphatic carboxylic acids is 1. The van der Waals surface area contributed by atoms with Gasteiger partial charge in [-0.25, -0.2) is 0 Å². The Balaban J connectivity index is 1.87. The van der Waals surface area contributed by atoms with Crippen LogP contribution in [-0.2, 0) is 16.1 Å². The molecule has 0 spiro atoms. The first-order chi connectivity index (χ1) is 9.49. The predicted molar refractivity (Wildman–Crippen MR) is 77.6 cm³/mol. The van der Waals surface area contributed by atoms with Gasteiger partial charge in [-0.2, -0.15) is 0 Å². The average molecular weight is 296 g/mol. The number of hydrogen-bond donors (Lipinski definition) is 1. The SMILES string of the molecule is CC1C(C(=O)O)CCN1CC(=O)N(C)Cc1cccs1. The minimum absolute atomic E-state index is 0.0382. The maximum atomic E-state index is 12.2. The van der Waals surface area contributed by atoms with Gasteiger partial charge in [0.25, 0.3) is 0 Å². The molecule has 0 bridgehead atoms. The first kappa shape index (κ1) is 15.0. The van der Waals surface area contributed by atoms with E-state index in [4.69, 9.17) is 5.11 Å². The van der Waals surface area contributed by atoms with Gasteiger partial charge in [-0.05, 0) is 31.3 Å². The van der Waals surface area contributed by atoms with Gasteiger partial charge >= 0.3 is 5.97 Å². The van der Waals surface area contributed by atoms with Crippen LogP contribution >= 0.6 is 11.3 Å². The molecular formula is C14H20N2O3S. The first-order valence-corrected chi connectivity index (χ1v) is 7.60. The molecule has 1 aromatic rings. The highest BCUT2D eigenvalue weighted by Gasteiger charge is 2.36. The van der Waals surface area contributed by atoms with Gasteiger partial charge in [-0.3, -0.25) is 14.5 Å². The van der Waals surface area contributed by atoms with Crippen LogP contribution in [0, 0.1) is 5.92 Å². The van der Waals surface area contributed by atoms with Gasteiger partial charge in [0.05, 0.1) is 19.0 Å². The highest BCUT2D eigenvalue weighted by Crippen LogP contribution is 2.24. The topological polar surface area (TPSA) is 60.9 Å². The summed E-state index contributed by atoms with van der Waals surface area (Å²) in [6, 6.07) is 3.90. The van der Waals surface area contributed by atoms with Crippen molar-refractivity contribution in [3.05, 3.63) is 22.4 Å². The Kier molecular flexibility index (Phi) is 4.77. The zero-order valence-corrected chi connectivity index (χ0v) is 12.6. The quantitative estimate of drug-likeness (QED) is 0.894. The number of carbonyl (C=O) groups excluding carboxylic acids is 1. The highest BCUT2D eigenvalue weighted by atomic mass is 32.1. The average Bonchev–Trinajstić information content (AvgIpc) is 3.00. The van der Waals surface area contributed by atoms with Crippen molar-refractivity contribution in [2.45, 2.75) is 25.9 Å². The molecule has 2 heterocycles. The van der Waals surface area contributed by atoms with Crippen LogP contribution in [0.5, 0.6) is 0 Å². The number of carboxylic acids is 1. The fraction of sp³-hybridized carbons (Fsp3) is 0.571. The number of hydrogen-bond acceptors (Lipinski definition) is 4. The van der Waals surface area contributed by atoms with E-state index < -0.39 is 5.97 Å². The standard InChI is InChI=1S/C14H20N2O3S/c1-10-12(14(18)19)5-6-16(10)9-13(17)15(2)8-11-4-3-7-20-11/h3-4,7,10,12H,5-6,8-9H2,1-2H3,(H,18,19). The van der Waals surface area contributed by atoms with Crippen molar-refractivity contribution in [1.82, 2.24) is 9.80 Å². The zero-order valence-electron chi connectivity index (χ0n) is 11.8. The summed E-state index contributed by atoms with van der Waals surface area (Å²) >= 11 is 1.63. The van der Waals surface area contributed by atoms with Gasteiger partial charge in [-0.15, -0.1) is 11.3 Å². The molecule has 2 unspecified atom stereocenters. The van der Waals surface area contributed by atoms with Crippen LogP contribution in [0.2, 0.25) is 0 Å². The minimum atomic E-state index is -0.764. The molecule has 1 amide bonds. The molecule has 1 fully saturated rings. The second-order valence-corrected chi connectivity index (χ2v) is 6.31. The van der Waals surface area contributed by atoms with Gasteiger partial charge in [0.2, 0.25) is 5.91 Å². The van der Waals surface area contributed by atoms with Gasteiger partial charge in [0, 0.05) is 18.0 Å². The maximum absolute atomic E-state index is 12.2. The lowest BCUT2D eigenvalue weighted by atomic mass is 10.0. The number of nitrogens with zero attached hydrogens (tertiary/aromatic N) is 2. The Bertz CT molecular complexity index is 475. The lowest BCUT2D eigenvalue weighted by molar-refractivity contribution is -0.143. The summed E-state index contributed by atoms with van der Waals surface area (Å²) in [4.78, 5) is 28.1. The van der Waals surface area contributed by atoms with Crippen LogP contribution in [0.4, 0.5) is 0 Å². The van der Waals surface area contributed by atoms with E-state index in [1.165, 1.54) is 0 Å². The van der Waals surface area contributed by atoms with Crippen molar-refractivity contribution in [3.8, 4) is 0 Å². The van der Waals surface area contributed by atoms with Crippen molar-refractivity contribution >= 4 is 23.2 Å². The molecule has 1 aliphatic heterocycles. The smallest absolute Gasteiger partial charge is 0.308 e. The highest BCUT2D eigenvalue weighted by molar-refractivity contribution is 7.09. The Morgan fingerprint density at radius 1 is 1.55 bits per heavy atom. The van der Waals surface area contributed by atoms with Crippen molar-refractivity contribution < 1.29 is 14.7 Å². The van der Waals surface area contributed by atoms with Crippen molar-refractivity contribution in [1.29, 1.82) is 0 Å². The predicted octanol–water partition coefficient (Wildman–Crippen LogP) is 1.50. The third-order valence-electron chi connectivity index (χ3n) is 3.94. The van der Waals surface area contributed by atoms with Gasteiger partial charge in [0.15, 0.2) is 0 Å². The van der Waals surface area contributed by atoms with Crippen LogP contribution in [-0.4, -0.2) is 53.0 Å². The molecule has 5 nitrogen and oxygen atoms in total. The molecule has 0 radical (unpaired) electrons. The fourth-order valence-electron chi connectivity index (χ4n) is 2.58. The molecule has 0 saturated carbocycles. The van der Waals surface area contributed by atoms with E-state index in [-0.39, 0.29) is 17.9 Å². The second kappa shape index (κ2) is 6.37. The van der Waals surface area contributed by atoms with E-state index in [1.54, 1.807) is 23.3 Å². The van der Waals surface area contributed by atoms with E-state index >= 15 is 0 Å². The van der Waals surface area contributed by atoms with Crippen LogP contribution in [0.15, 0.2) is 17.5 Å². The summed E-state index contributed by atoms with van der Waals surface area (Å²) in [5.74, 6) is -1.08. The Morgan fingerprint density at radius 3 is 2.85 bits per heavy atom. The van der Waals surface area contributed by atoms with E-state index in [0.717, 1.165) is 4.88 Å². The third kappa shape index (κ3) is 3.37. The van der Waals surface area contributed by atoms with Crippen LogP contribution in [0.3, 0.4) is 0 Å². The summed E-state index contributed by atoms with van der Waals surface area (Å²) in [6.45, 7) is 3.48. The summed E-state index contributed by atoms with van der Waals surface area (Å²) in [6.07, 6.45) is 0.623. The molecule has 0 aromatic carbocycles. The summed E-state index contributed by atoms with van der Waals surface area (Å²) in [7, 11) is 1.79. The Hall–Kier alpha value is -1.40. The minimum Gasteiger partial charge on any atom is -0.481 e. The van der Waals surface area contributed by atoms with Crippen LogP contribution < -0.4 is 0 Å².